The molecule has 0 saturated carbocycles. The lowest BCUT2D eigenvalue weighted by atomic mass is 10.2. The van der Waals surface area contributed by atoms with Gasteiger partial charge in [-0.15, -0.1) is 11.3 Å². The molecule has 0 bridgehead atoms. The van der Waals surface area contributed by atoms with Gasteiger partial charge in [-0.3, -0.25) is 9.59 Å². The number of allylic oxidation sites excluding steroid dienone is 5. The minimum atomic E-state index is -4.75. The van der Waals surface area contributed by atoms with Crippen molar-refractivity contribution in [3.63, 3.8) is 0 Å². The van der Waals surface area contributed by atoms with Crippen LogP contribution in [-0.4, -0.2) is 75.7 Å². The van der Waals surface area contributed by atoms with Gasteiger partial charge in [0.1, 0.15) is 33.3 Å². The standard InChI is InChI=1S/C28H33ClF3N7O4S/c1-7-19(29)18(28(30,31)32)12-16(2)36-24(41)21-14-33-25(44-21)17(3)37-23(40)20-13-22(35-15-34-20)38-8-10-39(11-9-38)26(42)43-27(4,5)6/h7,12-15,17H,1,8-11H2,2-6H3,(H,36,41)(H,37,40)/b16-12+,19-18-. The van der Waals surface area contributed by atoms with E-state index in [-0.39, 0.29) is 22.4 Å². The van der Waals surface area contributed by atoms with Gasteiger partial charge < -0.3 is 25.2 Å². The van der Waals surface area contributed by atoms with Gasteiger partial charge in [0.25, 0.3) is 11.8 Å². The van der Waals surface area contributed by atoms with Crippen LogP contribution in [0.15, 0.2) is 53.6 Å². The normalized spacial score (nSPS) is 15.7. The summed E-state index contributed by atoms with van der Waals surface area (Å²) in [4.78, 5) is 54.2. The van der Waals surface area contributed by atoms with Crippen molar-refractivity contribution in [2.45, 2.75) is 52.4 Å². The van der Waals surface area contributed by atoms with E-state index in [1.54, 1.807) is 38.7 Å². The van der Waals surface area contributed by atoms with E-state index in [0.29, 0.717) is 43.1 Å². The predicted molar refractivity (Wildman–Crippen MR) is 160 cm³/mol. The number of anilines is 1. The van der Waals surface area contributed by atoms with Gasteiger partial charge in [-0.05, 0) is 40.7 Å². The van der Waals surface area contributed by atoms with Crippen LogP contribution in [0.25, 0.3) is 0 Å². The Morgan fingerprint density at radius 1 is 1.11 bits per heavy atom. The van der Waals surface area contributed by atoms with Gasteiger partial charge >= 0.3 is 12.3 Å². The van der Waals surface area contributed by atoms with E-state index in [2.05, 4.69) is 32.2 Å². The molecule has 0 aromatic carbocycles. The molecule has 3 heterocycles. The number of aromatic nitrogens is 3. The summed E-state index contributed by atoms with van der Waals surface area (Å²) in [6, 6.07) is 0.927. The summed E-state index contributed by atoms with van der Waals surface area (Å²) in [5, 5.41) is 4.94. The molecule has 0 spiro atoms. The van der Waals surface area contributed by atoms with E-state index in [0.717, 1.165) is 17.4 Å². The number of nitrogens with one attached hydrogen (secondary N) is 2. The molecular weight excluding hydrogens is 623 g/mol. The van der Waals surface area contributed by atoms with E-state index in [9.17, 15) is 27.6 Å². The van der Waals surface area contributed by atoms with Gasteiger partial charge in [0.05, 0.1) is 22.8 Å². The van der Waals surface area contributed by atoms with Gasteiger partial charge in [-0.2, -0.15) is 13.2 Å². The third kappa shape index (κ3) is 9.51. The Kier molecular flexibility index (Phi) is 11.1. The van der Waals surface area contributed by atoms with Crippen molar-refractivity contribution in [3.8, 4) is 0 Å². The van der Waals surface area contributed by atoms with Crippen molar-refractivity contribution in [1.82, 2.24) is 30.5 Å². The quantitative estimate of drug-likeness (QED) is 0.364. The zero-order valence-corrected chi connectivity index (χ0v) is 26.4. The second kappa shape index (κ2) is 14.2. The third-order valence-corrected chi connectivity index (χ3v) is 7.56. The Bertz CT molecular complexity index is 1460. The SMILES string of the molecule is C=C/C(Cl)=C(\C=C(/C)NC(=O)c1cnc(C(C)NC(=O)c2cc(N3CCN(C(=O)OC(C)(C)C)CC3)ncn2)s1)C(F)(F)F. The molecule has 1 aliphatic rings. The molecule has 1 saturated heterocycles. The predicted octanol–water partition coefficient (Wildman–Crippen LogP) is 5.36. The van der Waals surface area contributed by atoms with E-state index in [1.165, 1.54) is 19.4 Å². The topological polar surface area (TPSA) is 130 Å². The number of ether oxygens (including phenoxy) is 1. The van der Waals surface area contributed by atoms with Crippen LogP contribution in [0.1, 0.15) is 65.8 Å². The molecule has 0 radical (unpaired) electrons. The average molecular weight is 656 g/mol. The fraction of sp³-hybridized carbons (Fsp3) is 0.429. The van der Waals surface area contributed by atoms with Crippen LogP contribution in [0.5, 0.6) is 0 Å². The molecule has 238 valence electrons. The van der Waals surface area contributed by atoms with Crippen molar-refractivity contribution in [3.05, 3.63) is 69.2 Å². The van der Waals surface area contributed by atoms with Crippen molar-refractivity contribution < 1.29 is 32.3 Å². The Labute approximate surface area is 261 Å². The molecule has 3 amide bonds. The maximum absolute atomic E-state index is 13.3. The molecule has 1 atom stereocenters. The molecule has 3 rings (SSSR count). The Morgan fingerprint density at radius 3 is 2.36 bits per heavy atom. The summed E-state index contributed by atoms with van der Waals surface area (Å²) in [5.41, 5.74) is -1.72. The molecule has 1 unspecified atom stereocenters. The zero-order valence-electron chi connectivity index (χ0n) is 24.8. The second-order valence-corrected chi connectivity index (χ2v) is 12.2. The lowest BCUT2D eigenvalue weighted by Gasteiger charge is -2.36. The number of piperazine rings is 1. The molecule has 1 aliphatic heterocycles. The fourth-order valence-corrected chi connectivity index (χ4v) is 4.88. The van der Waals surface area contributed by atoms with Gasteiger partial charge in [-0.1, -0.05) is 24.3 Å². The first kappa shape index (κ1) is 34.5. The van der Waals surface area contributed by atoms with Crippen molar-refractivity contribution in [2.24, 2.45) is 0 Å². The fourth-order valence-electron chi connectivity index (χ4n) is 3.90. The number of halogens is 4. The van der Waals surface area contributed by atoms with Crippen molar-refractivity contribution in [2.75, 3.05) is 31.1 Å². The summed E-state index contributed by atoms with van der Waals surface area (Å²) in [6.45, 7) is 13.4. The zero-order chi connectivity index (χ0) is 32.8. The Balaban J connectivity index is 1.60. The van der Waals surface area contributed by atoms with Crippen LogP contribution in [0.2, 0.25) is 0 Å². The molecule has 16 heteroatoms. The minimum absolute atomic E-state index is 0.0931. The second-order valence-electron chi connectivity index (χ2n) is 10.7. The molecule has 11 nitrogen and oxygen atoms in total. The number of carbonyl (C=O) groups excluding carboxylic acids is 3. The first-order valence-corrected chi connectivity index (χ1v) is 14.6. The average Bonchev–Trinajstić information content (AvgIpc) is 3.45. The number of alkyl halides is 3. The number of nitrogens with zero attached hydrogens (tertiary/aromatic N) is 5. The number of rotatable bonds is 8. The maximum atomic E-state index is 13.3. The van der Waals surface area contributed by atoms with Gasteiger partial charge in [0.15, 0.2) is 0 Å². The Morgan fingerprint density at radius 2 is 1.77 bits per heavy atom. The summed E-state index contributed by atoms with van der Waals surface area (Å²) in [5.74, 6) is -0.653. The summed E-state index contributed by atoms with van der Waals surface area (Å²) >= 11 is 6.60. The van der Waals surface area contributed by atoms with Crippen molar-refractivity contribution >= 4 is 46.7 Å². The highest BCUT2D eigenvalue weighted by Crippen LogP contribution is 2.32. The number of carbonyl (C=O) groups is 3. The van der Waals surface area contributed by atoms with Gasteiger partial charge in [0, 0.05) is 37.9 Å². The van der Waals surface area contributed by atoms with Crippen molar-refractivity contribution in [1.29, 1.82) is 0 Å². The molecule has 2 N–H and O–H groups in total. The van der Waals surface area contributed by atoms with E-state index >= 15 is 0 Å². The maximum Gasteiger partial charge on any atom is 0.417 e. The smallest absolute Gasteiger partial charge is 0.417 e. The highest BCUT2D eigenvalue weighted by molar-refractivity contribution is 7.13. The number of hydrogen-bond donors (Lipinski definition) is 2. The summed E-state index contributed by atoms with van der Waals surface area (Å²) in [7, 11) is 0. The van der Waals surface area contributed by atoms with E-state index in [1.807, 2.05) is 4.90 Å². The van der Waals surface area contributed by atoms with Crippen LogP contribution >= 0.6 is 22.9 Å². The van der Waals surface area contributed by atoms with Crippen LogP contribution in [0, 0.1) is 0 Å². The molecule has 2 aromatic heterocycles. The third-order valence-electron chi connectivity index (χ3n) is 6.02. The lowest BCUT2D eigenvalue weighted by molar-refractivity contribution is -0.0885. The van der Waals surface area contributed by atoms with Gasteiger partial charge in [-0.25, -0.2) is 19.7 Å². The highest BCUT2D eigenvalue weighted by atomic mass is 35.5. The molecule has 0 aliphatic carbocycles. The minimum Gasteiger partial charge on any atom is -0.444 e. The molecule has 2 aromatic rings. The number of thiazole rings is 1. The van der Waals surface area contributed by atoms with Gasteiger partial charge in [0.2, 0.25) is 0 Å². The largest absolute Gasteiger partial charge is 0.444 e. The van der Waals surface area contributed by atoms with Crippen LogP contribution < -0.4 is 15.5 Å². The molecule has 44 heavy (non-hydrogen) atoms. The molecular formula is C28H33ClF3N7O4S. The highest BCUT2D eigenvalue weighted by Gasteiger charge is 2.34. The monoisotopic (exact) mass is 655 g/mol. The number of hydrogen-bond acceptors (Lipinski definition) is 9. The number of amides is 3. The van der Waals surface area contributed by atoms with E-state index in [4.69, 9.17) is 16.3 Å². The summed E-state index contributed by atoms with van der Waals surface area (Å²) in [6.07, 6.45) is -1.02. The Hall–Kier alpha value is -3.98. The lowest BCUT2D eigenvalue weighted by Crippen LogP contribution is -2.50. The first-order chi connectivity index (χ1) is 20.5. The van der Waals surface area contributed by atoms with E-state index < -0.39 is 40.2 Å². The van der Waals surface area contributed by atoms with Crippen LogP contribution in [0.4, 0.5) is 23.8 Å². The molecule has 1 fully saturated rings. The summed E-state index contributed by atoms with van der Waals surface area (Å²) < 4.78 is 45.3. The van der Waals surface area contributed by atoms with Crippen LogP contribution in [0.3, 0.4) is 0 Å². The van der Waals surface area contributed by atoms with Crippen LogP contribution in [-0.2, 0) is 4.74 Å². The first-order valence-electron chi connectivity index (χ1n) is 13.4.